The molecule has 7 heteroatoms. The van der Waals surface area contributed by atoms with Gasteiger partial charge in [-0.05, 0) is 56.1 Å². The van der Waals surface area contributed by atoms with E-state index in [4.69, 9.17) is 9.47 Å². The van der Waals surface area contributed by atoms with E-state index in [0.29, 0.717) is 6.54 Å². The number of rotatable bonds is 5. The van der Waals surface area contributed by atoms with Crippen LogP contribution in [-0.2, 0) is 18.4 Å². The van der Waals surface area contributed by atoms with Gasteiger partial charge < -0.3 is 14.8 Å². The summed E-state index contributed by atoms with van der Waals surface area (Å²) in [5.74, 6) is 1.61. The number of hydrogen-bond acceptors (Lipinski definition) is 5. The van der Waals surface area contributed by atoms with Gasteiger partial charge in [0, 0.05) is 24.8 Å². The fourth-order valence-corrected chi connectivity index (χ4v) is 4.48. The van der Waals surface area contributed by atoms with Crippen LogP contribution in [0.5, 0.6) is 11.5 Å². The minimum absolute atomic E-state index is 0.0337. The van der Waals surface area contributed by atoms with Crippen LogP contribution in [0.2, 0.25) is 0 Å². The van der Waals surface area contributed by atoms with Crippen molar-refractivity contribution in [3.63, 3.8) is 0 Å². The molecule has 0 bridgehead atoms. The lowest BCUT2D eigenvalue weighted by atomic mass is 10.1. The molecule has 0 saturated carbocycles. The first kappa shape index (κ1) is 19.6. The highest BCUT2D eigenvalue weighted by atomic mass is 16.7. The first-order valence-corrected chi connectivity index (χ1v) is 10.6. The lowest BCUT2D eigenvalue weighted by Crippen LogP contribution is -2.39. The maximum Gasteiger partial charge on any atom is 0.241 e. The van der Waals surface area contributed by atoms with Crippen molar-refractivity contribution in [2.45, 2.75) is 32.4 Å². The Morgan fingerprint density at radius 3 is 2.81 bits per heavy atom. The van der Waals surface area contributed by atoms with Crippen molar-refractivity contribution in [1.82, 2.24) is 14.7 Å². The van der Waals surface area contributed by atoms with Gasteiger partial charge in [0.1, 0.15) is 0 Å². The number of amides is 1. The molecule has 0 radical (unpaired) electrons. The van der Waals surface area contributed by atoms with Crippen LogP contribution in [0.25, 0.3) is 11.3 Å². The Hall–Kier alpha value is -3.32. The second kappa shape index (κ2) is 8.07. The number of benzene rings is 2. The monoisotopic (exact) mass is 418 g/mol. The van der Waals surface area contributed by atoms with E-state index >= 15 is 0 Å². The molecule has 1 fully saturated rings. The molecule has 0 unspecified atom stereocenters. The predicted octanol–water partition coefficient (Wildman–Crippen LogP) is 3.73. The van der Waals surface area contributed by atoms with E-state index in [1.165, 1.54) is 0 Å². The number of hydrogen-bond donors (Lipinski definition) is 1. The Bertz CT molecular complexity index is 1110. The lowest BCUT2D eigenvalue weighted by Gasteiger charge is -2.24. The molecule has 1 N–H and O–H groups in total. The second-order valence-corrected chi connectivity index (χ2v) is 8.14. The molecule has 31 heavy (non-hydrogen) atoms. The van der Waals surface area contributed by atoms with E-state index in [0.717, 1.165) is 59.1 Å². The summed E-state index contributed by atoms with van der Waals surface area (Å²) in [5.41, 5.74) is 4.97. The van der Waals surface area contributed by atoms with Gasteiger partial charge in [-0.15, -0.1) is 0 Å². The number of carbonyl (C=O) groups excluding carboxylic acids is 1. The minimum atomic E-state index is -0.155. The predicted molar refractivity (Wildman–Crippen MR) is 118 cm³/mol. The molecule has 3 aromatic rings. The number of aromatic nitrogens is 2. The zero-order valence-corrected chi connectivity index (χ0v) is 17.8. The van der Waals surface area contributed by atoms with Gasteiger partial charge in [-0.2, -0.15) is 5.10 Å². The van der Waals surface area contributed by atoms with Gasteiger partial charge in [0.2, 0.25) is 12.7 Å². The summed E-state index contributed by atoms with van der Waals surface area (Å²) in [5, 5.41) is 7.49. The maximum atomic E-state index is 13.0. The van der Waals surface area contributed by atoms with Crippen LogP contribution in [0.1, 0.15) is 24.1 Å². The van der Waals surface area contributed by atoms with Crippen molar-refractivity contribution in [3.8, 4) is 22.8 Å². The highest BCUT2D eigenvalue weighted by Gasteiger charge is 2.32. The van der Waals surface area contributed by atoms with Crippen LogP contribution in [0.3, 0.4) is 0 Å². The van der Waals surface area contributed by atoms with Gasteiger partial charge in [0.25, 0.3) is 0 Å². The Balaban J connectivity index is 1.27. The molecule has 5 rings (SSSR count). The topological polar surface area (TPSA) is 68.6 Å². The van der Waals surface area contributed by atoms with Gasteiger partial charge >= 0.3 is 0 Å². The first-order chi connectivity index (χ1) is 15.1. The standard InChI is InChI=1S/C24H26N4O3/c1-16-13-21(27(2)26-16)17-8-10-19(11-9-17)25-24(29)20-6-4-12-28(20)14-18-5-3-7-22-23(18)31-15-30-22/h3,5,7-11,13,20H,4,6,12,14-15H2,1-2H3,(H,25,29)/t20-/m1/s1. The van der Waals surface area contributed by atoms with Crippen molar-refractivity contribution in [2.24, 2.45) is 7.05 Å². The van der Waals surface area contributed by atoms with E-state index in [9.17, 15) is 4.79 Å². The highest BCUT2D eigenvalue weighted by molar-refractivity contribution is 5.95. The van der Waals surface area contributed by atoms with E-state index in [1.54, 1.807) is 0 Å². The van der Waals surface area contributed by atoms with Crippen molar-refractivity contribution >= 4 is 11.6 Å². The van der Waals surface area contributed by atoms with E-state index in [-0.39, 0.29) is 18.7 Å². The number of carbonyl (C=O) groups is 1. The summed E-state index contributed by atoms with van der Waals surface area (Å²) < 4.78 is 13.0. The Morgan fingerprint density at radius 1 is 1.19 bits per heavy atom. The summed E-state index contributed by atoms with van der Waals surface area (Å²) in [7, 11) is 1.94. The second-order valence-electron chi connectivity index (χ2n) is 8.14. The summed E-state index contributed by atoms with van der Waals surface area (Å²) in [6.07, 6.45) is 1.86. The van der Waals surface area contributed by atoms with Gasteiger partial charge in [-0.1, -0.05) is 24.3 Å². The largest absolute Gasteiger partial charge is 0.454 e. The zero-order chi connectivity index (χ0) is 21.4. The zero-order valence-electron chi connectivity index (χ0n) is 17.8. The average molecular weight is 418 g/mol. The van der Waals surface area contributed by atoms with Crippen LogP contribution in [-0.4, -0.2) is 40.0 Å². The van der Waals surface area contributed by atoms with Crippen molar-refractivity contribution in [2.75, 3.05) is 18.7 Å². The normalized spacial score (nSPS) is 17.8. The Morgan fingerprint density at radius 2 is 2.03 bits per heavy atom. The molecule has 0 aliphatic carbocycles. The molecule has 2 aliphatic rings. The Labute approximate surface area is 181 Å². The van der Waals surface area contributed by atoms with Crippen molar-refractivity contribution < 1.29 is 14.3 Å². The fourth-order valence-electron chi connectivity index (χ4n) is 4.48. The van der Waals surface area contributed by atoms with Crippen LogP contribution >= 0.6 is 0 Å². The van der Waals surface area contributed by atoms with E-state index in [2.05, 4.69) is 21.4 Å². The number of para-hydroxylation sites is 1. The summed E-state index contributed by atoms with van der Waals surface area (Å²) in [6.45, 7) is 3.80. The summed E-state index contributed by atoms with van der Waals surface area (Å²) in [4.78, 5) is 15.3. The SMILES string of the molecule is Cc1cc(-c2ccc(NC(=O)[C@H]3CCCN3Cc3cccc4c3OCO4)cc2)n(C)n1. The van der Waals surface area contributed by atoms with E-state index in [1.807, 2.05) is 61.1 Å². The third-order valence-electron chi connectivity index (χ3n) is 5.97. The maximum absolute atomic E-state index is 13.0. The third kappa shape index (κ3) is 3.88. The van der Waals surface area contributed by atoms with Gasteiger partial charge in [0.05, 0.1) is 17.4 Å². The van der Waals surface area contributed by atoms with Crippen LogP contribution in [0, 0.1) is 6.92 Å². The van der Waals surface area contributed by atoms with Crippen LogP contribution < -0.4 is 14.8 Å². The lowest BCUT2D eigenvalue weighted by molar-refractivity contribution is -0.120. The number of aryl methyl sites for hydroxylation is 2. The molecular weight excluding hydrogens is 392 g/mol. The first-order valence-electron chi connectivity index (χ1n) is 10.6. The number of likely N-dealkylation sites (tertiary alicyclic amines) is 1. The molecule has 1 atom stereocenters. The van der Waals surface area contributed by atoms with Gasteiger partial charge in [0.15, 0.2) is 11.5 Å². The van der Waals surface area contributed by atoms with Crippen molar-refractivity contribution in [1.29, 1.82) is 0 Å². The number of anilines is 1. The minimum Gasteiger partial charge on any atom is -0.454 e. The number of ether oxygens (including phenoxy) is 2. The molecule has 3 heterocycles. The van der Waals surface area contributed by atoms with Crippen LogP contribution in [0.15, 0.2) is 48.5 Å². The molecular formula is C24H26N4O3. The smallest absolute Gasteiger partial charge is 0.241 e. The number of nitrogens with one attached hydrogen (secondary N) is 1. The summed E-state index contributed by atoms with van der Waals surface area (Å²) in [6, 6.07) is 15.8. The molecule has 2 aromatic carbocycles. The average Bonchev–Trinajstić information content (AvgIpc) is 3.49. The molecule has 2 aliphatic heterocycles. The molecule has 160 valence electrons. The quantitative estimate of drug-likeness (QED) is 0.684. The van der Waals surface area contributed by atoms with E-state index < -0.39 is 0 Å². The number of nitrogens with zero attached hydrogens (tertiary/aromatic N) is 3. The van der Waals surface area contributed by atoms with Crippen molar-refractivity contribution in [3.05, 3.63) is 59.8 Å². The molecule has 1 amide bonds. The molecule has 1 aromatic heterocycles. The summed E-state index contributed by atoms with van der Waals surface area (Å²) >= 11 is 0. The van der Waals surface area contributed by atoms with Crippen LogP contribution in [0.4, 0.5) is 5.69 Å². The van der Waals surface area contributed by atoms with Gasteiger partial charge in [-0.25, -0.2) is 0 Å². The Kier molecular flexibility index (Phi) is 5.11. The molecule has 7 nitrogen and oxygen atoms in total. The fraction of sp³-hybridized carbons (Fsp3) is 0.333. The molecule has 1 saturated heterocycles. The highest BCUT2D eigenvalue weighted by Crippen LogP contribution is 2.37. The molecule has 0 spiro atoms. The number of fused-ring (bicyclic) bond motifs is 1. The third-order valence-corrected chi connectivity index (χ3v) is 5.97. The van der Waals surface area contributed by atoms with Gasteiger partial charge in [-0.3, -0.25) is 14.4 Å².